The smallest absolute Gasteiger partial charge is 0.0186 e. The monoisotopic (exact) mass is 287 g/mol. The van der Waals surface area contributed by atoms with Crippen LogP contribution in [-0.4, -0.2) is 11.8 Å². The maximum atomic E-state index is 6.10. The number of halogens is 1. The highest BCUT2D eigenvalue weighted by Crippen LogP contribution is 2.26. The van der Waals surface area contributed by atoms with E-state index in [0.29, 0.717) is 0 Å². The van der Waals surface area contributed by atoms with Crippen LogP contribution in [0.4, 0.5) is 0 Å². The Labute approximate surface area is 105 Å². The van der Waals surface area contributed by atoms with Gasteiger partial charge in [0.1, 0.15) is 0 Å². The van der Waals surface area contributed by atoms with Gasteiger partial charge in [-0.25, -0.2) is 0 Å². The summed E-state index contributed by atoms with van der Waals surface area (Å²) in [7, 11) is 0. The number of hydrogen-bond acceptors (Lipinski definition) is 2. The molecule has 1 rings (SSSR count). The zero-order chi connectivity index (χ0) is 11.5. The maximum Gasteiger partial charge on any atom is 0.0186 e. The van der Waals surface area contributed by atoms with E-state index in [-0.39, 0.29) is 11.5 Å². The first-order valence-corrected chi connectivity index (χ1v) is 6.81. The zero-order valence-electron chi connectivity index (χ0n) is 9.46. The van der Waals surface area contributed by atoms with Gasteiger partial charge >= 0.3 is 0 Å². The van der Waals surface area contributed by atoms with E-state index in [9.17, 15) is 0 Å². The molecule has 0 heterocycles. The Morgan fingerprint density at radius 3 is 2.60 bits per heavy atom. The summed E-state index contributed by atoms with van der Waals surface area (Å²) in [6.07, 6.45) is 0. The fraction of sp³-hybridized carbons (Fsp3) is 0.500. The second kappa shape index (κ2) is 5.37. The summed E-state index contributed by atoms with van der Waals surface area (Å²) < 4.78 is 1.12. The maximum absolute atomic E-state index is 6.10. The minimum Gasteiger partial charge on any atom is -0.326 e. The lowest BCUT2D eigenvalue weighted by molar-refractivity contribution is 0.344. The molecule has 0 fully saturated rings. The van der Waals surface area contributed by atoms with Crippen LogP contribution in [0.5, 0.6) is 0 Å². The molecule has 1 unspecified atom stereocenters. The first kappa shape index (κ1) is 13.1. The molecule has 0 aliphatic carbocycles. The van der Waals surface area contributed by atoms with Crippen molar-refractivity contribution in [1.29, 1.82) is 0 Å². The van der Waals surface area contributed by atoms with Gasteiger partial charge in [0, 0.05) is 21.2 Å². The Kier molecular flexibility index (Phi) is 4.68. The largest absolute Gasteiger partial charge is 0.326 e. The molecule has 0 spiro atoms. The molecule has 0 saturated heterocycles. The molecule has 3 heteroatoms. The van der Waals surface area contributed by atoms with Gasteiger partial charge in [-0.15, -0.1) is 11.8 Å². The van der Waals surface area contributed by atoms with E-state index in [0.717, 1.165) is 10.2 Å². The quantitative estimate of drug-likeness (QED) is 0.853. The van der Waals surface area contributed by atoms with Gasteiger partial charge in [-0.3, -0.25) is 0 Å². The second-order valence-corrected chi connectivity index (χ2v) is 6.75. The highest BCUT2D eigenvalue weighted by atomic mass is 79.9. The van der Waals surface area contributed by atoms with E-state index >= 15 is 0 Å². The number of nitrogens with two attached hydrogens (primary N) is 1. The minimum absolute atomic E-state index is 0.180. The Hall–Kier alpha value is 0.01000. The van der Waals surface area contributed by atoms with Gasteiger partial charge in [0.25, 0.3) is 0 Å². The summed E-state index contributed by atoms with van der Waals surface area (Å²) in [6, 6.07) is 8.55. The van der Waals surface area contributed by atoms with Crippen molar-refractivity contribution in [1.82, 2.24) is 0 Å². The molecule has 0 aliphatic rings. The third-order valence-electron chi connectivity index (χ3n) is 2.34. The Balaban J connectivity index is 2.51. The first-order valence-electron chi connectivity index (χ1n) is 5.03. The molecule has 0 radical (unpaired) electrons. The molecule has 2 N–H and O–H groups in total. The topological polar surface area (TPSA) is 26.0 Å². The fourth-order valence-electron chi connectivity index (χ4n) is 0.993. The van der Waals surface area contributed by atoms with Crippen molar-refractivity contribution in [2.75, 3.05) is 5.75 Å². The minimum atomic E-state index is 0.180. The lowest BCUT2D eigenvalue weighted by Gasteiger charge is -2.26. The molecule has 0 amide bonds. The second-order valence-electron chi connectivity index (χ2n) is 4.74. The van der Waals surface area contributed by atoms with Gasteiger partial charge in [0.05, 0.1) is 0 Å². The lowest BCUT2D eigenvalue weighted by Crippen LogP contribution is -2.37. The SMILES string of the molecule is CC(C)(C)C(N)CSc1cccc(Br)c1. The van der Waals surface area contributed by atoms with Gasteiger partial charge < -0.3 is 5.73 Å². The Morgan fingerprint density at radius 1 is 1.40 bits per heavy atom. The summed E-state index contributed by atoms with van der Waals surface area (Å²) in [5, 5.41) is 0. The van der Waals surface area contributed by atoms with Crippen LogP contribution < -0.4 is 5.73 Å². The molecule has 0 bridgehead atoms. The molecule has 0 aromatic heterocycles. The van der Waals surface area contributed by atoms with Crippen LogP contribution in [0.1, 0.15) is 20.8 Å². The highest BCUT2D eigenvalue weighted by Gasteiger charge is 2.20. The van der Waals surface area contributed by atoms with Crippen molar-refractivity contribution < 1.29 is 0 Å². The van der Waals surface area contributed by atoms with Gasteiger partial charge in [-0.1, -0.05) is 42.8 Å². The van der Waals surface area contributed by atoms with Gasteiger partial charge in [0.2, 0.25) is 0 Å². The average Bonchev–Trinajstić information content (AvgIpc) is 2.12. The van der Waals surface area contributed by atoms with Crippen molar-refractivity contribution >= 4 is 27.7 Å². The molecule has 1 nitrogen and oxygen atoms in total. The van der Waals surface area contributed by atoms with Gasteiger partial charge in [-0.2, -0.15) is 0 Å². The predicted octanol–water partition coefficient (Wildman–Crippen LogP) is 3.91. The van der Waals surface area contributed by atoms with E-state index in [1.54, 1.807) is 0 Å². The average molecular weight is 288 g/mol. The fourth-order valence-corrected chi connectivity index (χ4v) is 2.80. The molecule has 0 saturated carbocycles. The van der Waals surface area contributed by atoms with Crippen LogP contribution in [0, 0.1) is 5.41 Å². The Morgan fingerprint density at radius 2 is 2.07 bits per heavy atom. The van der Waals surface area contributed by atoms with Gasteiger partial charge in [0.15, 0.2) is 0 Å². The van der Waals surface area contributed by atoms with E-state index in [2.05, 4.69) is 54.9 Å². The number of hydrogen-bond donors (Lipinski definition) is 1. The molecule has 0 aliphatic heterocycles. The molecule has 1 atom stereocenters. The van der Waals surface area contributed by atoms with Crippen molar-refractivity contribution in [2.45, 2.75) is 31.7 Å². The molecule has 84 valence electrons. The van der Waals surface area contributed by atoms with Crippen LogP contribution in [0.25, 0.3) is 0 Å². The van der Waals surface area contributed by atoms with Crippen LogP contribution in [0.2, 0.25) is 0 Å². The normalized spacial score (nSPS) is 13.9. The van der Waals surface area contributed by atoms with Crippen molar-refractivity contribution in [3.05, 3.63) is 28.7 Å². The van der Waals surface area contributed by atoms with E-state index < -0.39 is 0 Å². The molecular formula is C12H18BrNS. The van der Waals surface area contributed by atoms with Gasteiger partial charge in [-0.05, 0) is 23.6 Å². The van der Waals surface area contributed by atoms with E-state index in [4.69, 9.17) is 5.73 Å². The van der Waals surface area contributed by atoms with Crippen LogP contribution in [0.15, 0.2) is 33.6 Å². The summed E-state index contributed by atoms with van der Waals surface area (Å²) in [6.45, 7) is 6.54. The predicted molar refractivity (Wildman–Crippen MR) is 72.3 cm³/mol. The molecule has 1 aromatic rings. The van der Waals surface area contributed by atoms with E-state index in [1.807, 2.05) is 17.8 Å². The van der Waals surface area contributed by atoms with Crippen molar-refractivity contribution in [3.63, 3.8) is 0 Å². The molecular weight excluding hydrogens is 270 g/mol. The number of thioether (sulfide) groups is 1. The first-order chi connectivity index (χ1) is 6.89. The van der Waals surface area contributed by atoms with E-state index in [1.165, 1.54) is 4.90 Å². The number of rotatable bonds is 3. The zero-order valence-corrected chi connectivity index (χ0v) is 11.9. The summed E-state index contributed by atoms with van der Waals surface area (Å²) >= 11 is 5.28. The molecule has 15 heavy (non-hydrogen) atoms. The standard InChI is InChI=1S/C12H18BrNS/c1-12(2,3)11(14)8-15-10-6-4-5-9(13)7-10/h4-7,11H,8,14H2,1-3H3. The lowest BCUT2D eigenvalue weighted by atomic mass is 9.89. The summed E-state index contributed by atoms with van der Waals surface area (Å²) in [5.74, 6) is 0.958. The highest BCUT2D eigenvalue weighted by molar-refractivity contribution is 9.10. The number of benzene rings is 1. The van der Waals surface area contributed by atoms with Crippen LogP contribution in [0.3, 0.4) is 0 Å². The summed E-state index contributed by atoms with van der Waals surface area (Å²) in [5.41, 5.74) is 6.28. The Bertz CT molecular complexity index is 320. The third-order valence-corrected chi connectivity index (χ3v) is 3.94. The van der Waals surface area contributed by atoms with Crippen molar-refractivity contribution in [3.8, 4) is 0 Å². The third kappa shape index (κ3) is 4.58. The van der Waals surface area contributed by atoms with Crippen LogP contribution in [-0.2, 0) is 0 Å². The summed E-state index contributed by atoms with van der Waals surface area (Å²) in [4.78, 5) is 1.27. The van der Waals surface area contributed by atoms with Crippen molar-refractivity contribution in [2.24, 2.45) is 11.1 Å². The molecule has 1 aromatic carbocycles. The van der Waals surface area contributed by atoms with Crippen LogP contribution >= 0.6 is 27.7 Å².